The molecule has 49 heavy (non-hydrogen) atoms. The highest BCUT2D eigenvalue weighted by molar-refractivity contribution is 5.89. The number of hydrogen-bond acceptors (Lipinski definition) is 0. The lowest BCUT2D eigenvalue weighted by Gasteiger charge is -2.15. The first kappa shape index (κ1) is 37.7. The van der Waals surface area contributed by atoms with Crippen LogP contribution in [-0.4, -0.2) is 0 Å². The van der Waals surface area contributed by atoms with E-state index in [9.17, 15) is 0 Å². The summed E-state index contributed by atoms with van der Waals surface area (Å²) in [5, 5.41) is 4.82. The third-order valence-electron chi connectivity index (χ3n) is 7.84. The molecule has 4 rings (SSSR count). The number of rotatable bonds is 12. The summed E-state index contributed by atoms with van der Waals surface area (Å²) in [7, 11) is 0. The SMILES string of the molecule is C=C/C=C/C=C\C=C\C=c1/cccc/c1=C/C=C\C=C\C(=C/C)C(\C)=C(\C=C/C)C(=C)c1cccc(-c2ccc3ccccc3c2)c1.CC. The van der Waals surface area contributed by atoms with Gasteiger partial charge in [0, 0.05) is 0 Å². The van der Waals surface area contributed by atoms with E-state index >= 15 is 0 Å². The van der Waals surface area contributed by atoms with Crippen LogP contribution in [0.5, 0.6) is 0 Å². The summed E-state index contributed by atoms with van der Waals surface area (Å²) >= 11 is 0. The first-order valence-corrected chi connectivity index (χ1v) is 17.1. The quantitative estimate of drug-likeness (QED) is 0.135. The Morgan fingerprint density at radius 1 is 0.571 bits per heavy atom. The van der Waals surface area contributed by atoms with Crippen LogP contribution in [0.1, 0.15) is 40.2 Å². The highest BCUT2D eigenvalue weighted by Gasteiger charge is 2.10. The number of benzene rings is 4. The van der Waals surface area contributed by atoms with E-state index in [0.29, 0.717) is 0 Å². The van der Waals surface area contributed by atoms with Crippen molar-refractivity contribution >= 4 is 28.5 Å². The summed E-state index contributed by atoms with van der Waals surface area (Å²) < 4.78 is 0. The van der Waals surface area contributed by atoms with Gasteiger partial charge < -0.3 is 0 Å². The molecule has 0 saturated carbocycles. The lowest BCUT2D eigenvalue weighted by molar-refractivity contribution is 1.36. The second-order valence-corrected chi connectivity index (χ2v) is 11.0. The van der Waals surface area contributed by atoms with Crippen LogP contribution in [0.2, 0.25) is 0 Å². The van der Waals surface area contributed by atoms with Crippen molar-refractivity contribution in [1.82, 2.24) is 0 Å². The molecular formula is C49H50. The van der Waals surface area contributed by atoms with Crippen LogP contribution in [0.15, 0.2) is 206 Å². The van der Waals surface area contributed by atoms with Gasteiger partial charge in [-0.1, -0.05) is 203 Å². The third-order valence-corrected chi connectivity index (χ3v) is 7.84. The maximum Gasteiger partial charge on any atom is -0.0152 e. The van der Waals surface area contributed by atoms with E-state index in [0.717, 1.165) is 27.5 Å². The molecular weight excluding hydrogens is 589 g/mol. The second kappa shape index (κ2) is 21.2. The number of fused-ring (bicyclic) bond motifs is 1. The summed E-state index contributed by atoms with van der Waals surface area (Å²) in [6, 6.07) is 32.2. The molecule has 0 N–H and O–H groups in total. The molecule has 0 heterocycles. The molecule has 0 fully saturated rings. The first-order valence-electron chi connectivity index (χ1n) is 17.1. The Kier molecular flexibility index (Phi) is 16.3. The highest BCUT2D eigenvalue weighted by atomic mass is 14.1. The Morgan fingerprint density at radius 3 is 1.82 bits per heavy atom. The molecule has 0 nitrogen and oxygen atoms in total. The molecule has 0 spiro atoms. The molecule has 0 aliphatic rings. The van der Waals surface area contributed by atoms with Crippen molar-refractivity contribution in [1.29, 1.82) is 0 Å². The Bertz CT molecular complexity index is 2080. The van der Waals surface area contributed by atoms with Gasteiger partial charge in [0.05, 0.1) is 0 Å². The largest absolute Gasteiger partial charge is 0.0991 e. The highest BCUT2D eigenvalue weighted by Crippen LogP contribution is 2.32. The van der Waals surface area contributed by atoms with Crippen LogP contribution in [0, 0.1) is 0 Å². The molecule has 0 bridgehead atoms. The van der Waals surface area contributed by atoms with Gasteiger partial charge in [0.2, 0.25) is 0 Å². The lowest BCUT2D eigenvalue weighted by Crippen LogP contribution is -2.22. The van der Waals surface area contributed by atoms with Gasteiger partial charge in [0.25, 0.3) is 0 Å². The topological polar surface area (TPSA) is 0 Å². The van der Waals surface area contributed by atoms with Crippen molar-refractivity contribution in [3.63, 3.8) is 0 Å². The van der Waals surface area contributed by atoms with E-state index in [4.69, 9.17) is 0 Å². The fourth-order valence-electron chi connectivity index (χ4n) is 5.31. The summed E-state index contributed by atoms with van der Waals surface area (Å²) in [4.78, 5) is 0. The smallest absolute Gasteiger partial charge is 0.0152 e. The van der Waals surface area contributed by atoms with Gasteiger partial charge in [-0.25, -0.2) is 0 Å². The zero-order valence-corrected chi connectivity index (χ0v) is 29.8. The monoisotopic (exact) mass is 638 g/mol. The van der Waals surface area contributed by atoms with Gasteiger partial charge in [-0.3, -0.25) is 0 Å². The van der Waals surface area contributed by atoms with Crippen molar-refractivity contribution in [3.8, 4) is 11.1 Å². The Hall–Kier alpha value is -5.72. The Balaban J connectivity index is 0.00000319. The van der Waals surface area contributed by atoms with Gasteiger partial charge in [-0.2, -0.15) is 0 Å². The normalized spacial score (nSPS) is 13.8. The molecule has 246 valence electrons. The number of hydrogen-bond donors (Lipinski definition) is 0. The van der Waals surface area contributed by atoms with Gasteiger partial charge in [0.1, 0.15) is 0 Å². The average Bonchev–Trinajstić information content (AvgIpc) is 3.15. The minimum atomic E-state index is 1.01. The molecule has 0 saturated heterocycles. The van der Waals surface area contributed by atoms with Crippen molar-refractivity contribution in [2.45, 2.75) is 34.6 Å². The lowest BCUT2D eigenvalue weighted by atomic mass is 9.90. The first-order chi connectivity index (χ1) is 24.0. The molecule has 0 aromatic heterocycles. The van der Waals surface area contributed by atoms with E-state index in [1.807, 2.05) is 44.2 Å². The van der Waals surface area contributed by atoms with Gasteiger partial charge >= 0.3 is 0 Å². The number of allylic oxidation sites excluding steroid dienone is 18. The van der Waals surface area contributed by atoms with Crippen LogP contribution in [0.25, 0.3) is 39.6 Å². The predicted molar refractivity (Wildman–Crippen MR) is 222 cm³/mol. The molecule has 0 radical (unpaired) electrons. The summed E-state index contributed by atoms with van der Waals surface area (Å²) in [6.45, 7) is 18.6. The molecule has 0 unspecified atom stereocenters. The van der Waals surface area contributed by atoms with Crippen molar-refractivity contribution in [2.75, 3.05) is 0 Å². The van der Waals surface area contributed by atoms with E-state index in [2.05, 4.69) is 186 Å². The summed E-state index contributed by atoms with van der Waals surface area (Å²) in [5.74, 6) is 0. The zero-order valence-electron chi connectivity index (χ0n) is 29.8. The van der Waals surface area contributed by atoms with E-state index in [1.165, 1.54) is 32.7 Å². The minimum absolute atomic E-state index is 1.01. The molecule has 0 heteroatoms. The molecule has 0 aliphatic carbocycles. The van der Waals surface area contributed by atoms with Gasteiger partial charge in [0.15, 0.2) is 0 Å². The van der Waals surface area contributed by atoms with E-state index in [1.54, 1.807) is 6.08 Å². The Morgan fingerprint density at radius 2 is 1.16 bits per heavy atom. The molecule has 0 atom stereocenters. The Labute approximate surface area is 295 Å². The van der Waals surface area contributed by atoms with E-state index in [-0.39, 0.29) is 0 Å². The fraction of sp³-hybridized carbons (Fsp3) is 0.102. The van der Waals surface area contributed by atoms with Crippen LogP contribution < -0.4 is 10.4 Å². The van der Waals surface area contributed by atoms with Crippen LogP contribution in [-0.2, 0) is 0 Å². The zero-order chi connectivity index (χ0) is 35.3. The second-order valence-electron chi connectivity index (χ2n) is 11.0. The van der Waals surface area contributed by atoms with Crippen LogP contribution in [0.4, 0.5) is 0 Å². The fourth-order valence-corrected chi connectivity index (χ4v) is 5.31. The van der Waals surface area contributed by atoms with Crippen molar-refractivity contribution in [2.24, 2.45) is 0 Å². The molecule has 0 aliphatic heterocycles. The van der Waals surface area contributed by atoms with Crippen LogP contribution >= 0.6 is 0 Å². The van der Waals surface area contributed by atoms with Crippen molar-refractivity contribution < 1.29 is 0 Å². The van der Waals surface area contributed by atoms with Crippen LogP contribution in [0.3, 0.4) is 0 Å². The molecule has 4 aromatic rings. The van der Waals surface area contributed by atoms with E-state index < -0.39 is 0 Å². The third kappa shape index (κ3) is 11.5. The minimum Gasteiger partial charge on any atom is -0.0991 e. The standard InChI is InChI=1S/C47H44.C2H6/c1-6-9-10-11-12-13-15-25-40-27-18-19-28-41(40)26-17-14-16-24-39(8-3)37(4)47(23-7-2)38(5)43-31-22-32-45(35-43)46-34-33-42-29-20-21-30-44(42)36-46;1-2/h6-36H,1,5H2,2-4H3;1-2H3/b10-9+,12-11-,15-13+,17-14-,23-7-,24-16+,39-8+,40-25+,41-26-,47-37-;. The maximum atomic E-state index is 4.56. The summed E-state index contributed by atoms with van der Waals surface area (Å²) in [5.41, 5.74) is 7.97. The molecule has 0 amide bonds. The van der Waals surface area contributed by atoms with Crippen molar-refractivity contribution in [3.05, 3.63) is 222 Å². The van der Waals surface area contributed by atoms with Gasteiger partial charge in [-0.05, 0) is 93.1 Å². The summed E-state index contributed by atoms with van der Waals surface area (Å²) in [6.07, 6.45) is 32.8. The average molecular weight is 639 g/mol. The van der Waals surface area contributed by atoms with Gasteiger partial charge in [-0.15, -0.1) is 0 Å². The predicted octanol–water partition coefficient (Wildman–Crippen LogP) is 12.6. The maximum absolute atomic E-state index is 4.56. The molecule has 4 aromatic carbocycles.